The number of piperidine rings is 1. The summed E-state index contributed by atoms with van der Waals surface area (Å²) in [6.45, 7) is 3.54. The van der Waals surface area contributed by atoms with Crippen molar-refractivity contribution in [1.82, 2.24) is 4.90 Å². The molecule has 2 fully saturated rings. The van der Waals surface area contributed by atoms with Crippen LogP contribution in [-0.2, 0) is 0 Å². The lowest BCUT2D eigenvalue weighted by Crippen LogP contribution is -2.46. The van der Waals surface area contributed by atoms with Crippen molar-refractivity contribution in [1.29, 1.82) is 0 Å². The predicted octanol–water partition coefficient (Wildman–Crippen LogP) is 3.08. The smallest absolute Gasteiger partial charge is 0.0948 e. The fourth-order valence-electron chi connectivity index (χ4n) is 4.74. The summed E-state index contributed by atoms with van der Waals surface area (Å²) in [4.78, 5) is 2.63. The highest BCUT2D eigenvalue weighted by atomic mass is 16.3. The SMILES string of the molecule is CC1CC(N2CC3CCC2C3)C(O)c2ccccc21. The van der Waals surface area contributed by atoms with Gasteiger partial charge in [-0.15, -0.1) is 0 Å². The molecular formula is C17H23NO. The lowest BCUT2D eigenvalue weighted by Gasteiger charge is -2.42. The van der Waals surface area contributed by atoms with Crippen LogP contribution in [0.15, 0.2) is 24.3 Å². The number of nitrogens with zero attached hydrogens (tertiary/aromatic N) is 1. The van der Waals surface area contributed by atoms with Gasteiger partial charge in [-0.2, -0.15) is 0 Å². The zero-order chi connectivity index (χ0) is 13.0. The highest BCUT2D eigenvalue weighted by Crippen LogP contribution is 2.46. The van der Waals surface area contributed by atoms with Gasteiger partial charge in [-0.3, -0.25) is 4.90 Å². The van der Waals surface area contributed by atoms with Crippen molar-refractivity contribution in [3.8, 4) is 0 Å². The lowest BCUT2D eigenvalue weighted by atomic mass is 9.78. The number of aliphatic hydroxyl groups excluding tert-OH is 1. The Bertz CT molecular complexity index is 486. The number of hydrogen-bond donors (Lipinski definition) is 1. The van der Waals surface area contributed by atoms with Crippen LogP contribution in [0.25, 0.3) is 0 Å². The van der Waals surface area contributed by atoms with Crippen LogP contribution >= 0.6 is 0 Å². The second kappa shape index (κ2) is 4.32. The number of rotatable bonds is 1. The molecule has 102 valence electrons. The van der Waals surface area contributed by atoms with E-state index in [2.05, 4.69) is 36.1 Å². The number of hydrogen-bond acceptors (Lipinski definition) is 2. The quantitative estimate of drug-likeness (QED) is 0.835. The third-order valence-electron chi connectivity index (χ3n) is 5.68. The molecule has 1 aromatic rings. The topological polar surface area (TPSA) is 23.5 Å². The van der Waals surface area contributed by atoms with Gasteiger partial charge in [0, 0.05) is 18.6 Å². The summed E-state index contributed by atoms with van der Waals surface area (Å²) in [5.41, 5.74) is 2.53. The number of likely N-dealkylation sites (tertiary alicyclic amines) is 1. The predicted molar refractivity (Wildman–Crippen MR) is 76.1 cm³/mol. The molecule has 1 heterocycles. The van der Waals surface area contributed by atoms with Gasteiger partial charge in [-0.1, -0.05) is 31.2 Å². The van der Waals surface area contributed by atoms with Crippen LogP contribution < -0.4 is 0 Å². The summed E-state index contributed by atoms with van der Waals surface area (Å²) in [6, 6.07) is 9.57. The minimum Gasteiger partial charge on any atom is -0.387 e. The third-order valence-corrected chi connectivity index (χ3v) is 5.68. The van der Waals surface area contributed by atoms with E-state index in [-0.39, 0.29) is 6.10 Å². The molecule has 1 aliphatic heterocycles. The summed E-state index contributed by atoms with van der Waals surface area (Å²) in [7, 11) is 0. The van der Waals surface area contributed by atoms with Gasteiger partial charge in [0.15, 0.2) is 0 Å². The first-order valence-electron chi connectivity index (χ1n) is 7.76. The van der Waals surface area contributed by atoms with Crippen molar-refractivity contribution in [2.75, 3.05) is 6.54 Å². The van der Waals surface area contributed by atoms with Crippen LogP contribution in [-0.4, -0.2) is 28.6 Å². The minimum absolute atomic E-state index is 0.285. The first kappa shape index (κ1) is 11.9. The Kier molecular flexibility index (Phi) is 2.71. The van der Waals surface area contributed by atoms with E-state index < -0.39 is 0 Å². The van der Waals surface area contributed by atoms with Crippen molar-refractivity contribution in [2.24, 2.45) is 5.92 Å². The summed E-state index contributed by atoms with van der Waals surface area (Å²) in [5, 5.41) is 10.8. The molecular weight excluding hydrogens is 234 g/mol. The minimum atomic E-state index is -0.285. The van der Waals surface area contributed by atoms with E-state index in [0.29, 0.717) is 12.0 Å². The normalized spacial score (nSPS) is 41.5. The zero-order valence-electron chi connectivity index (χ0n) is 11.6. The van der Waals surface area contributed by atoms with Crippen molar-refractivity contribution in [2.45, 2.75) is 56.7 Å². The van der Waals surface area contributed by atoms with Gasteiger partial charge < -0.3 is 5.11 Å². The fourth-order valence-corrected chi connectivity index (χ4v) is 4.74. The summed E-state index contributed by atoms with van der Waals surface area (Å²) in [5.74, 6) is 1.48. The van der Waals surface area contributed by atoms with Crippen molar-refractivity contribution >= 4 is 0 Å². The molecule has 2 bridgehead atoms. The number of fused-ring (bicyclic) bond motifs is 3. The number of aliphatic hydroxyl groups is 1. The third kappa shape index (κ3) is 1.77. The summed E-state index contributed by atoms with van der Waals surface area (Å²) >= 11 is 0. The molecule has 2 nitrogen and oxygen atoms in total. The van der Waals surface area contributed by atoms with Crippen LogP contribution in [0, 0.1) is 5.92 Å². The number of benzene rings is 1. The molecule has 1 saturated carbocycles. The molecule has 5 atom stereocenters. The molecule has 2 aliphatic carbocycles. The second-order valence-electron chi connectivity index (χ2n) is 6.81. The van der Waals surface area contributed by atoms with E-state index >= 15 is 0 Å². The van der Waals surface area contributed by atoms with Crippen LogP contribution in [0.4, 0.5) is 0 Å². The van der Waals surface area contributed by atoms with E-state index in [1.54, 1.807) is 0 Å². The molecule has 1 N–H and O–H groups in total. The van der Waals surface area contributed by atoms with E-state index in [1.807, 2.05) is 0 Å². The van der Waals surface area contributed by atoms with E-state index in [9.17, 15) is 5.11 Å². The summed E-state index contributed by atoms with van der Waals surface area (Å²) < 4.78 is 0. The Labute approximate surface area is 115 Å². The Morgan fingerprint density at radius 2 is 1.89 bits per heavy atom. The van der Waals surface area contributed by atoms with E-state index in [4.69, 9.17) is 0 Å². The summed E-state index contributed by atoms with van der Waals surface area (Å²) in [6.07, 6.45) is 4.97. The maximum atomic E-state index is 10.8. The molecule has 2 heteroatoms. The molecule has 0 spiro atoms. The maximum Gasteiger partial charge on any atom is 0.0948 e. The molecule has 3 aliphatic rings. The second-order valence-corrected chi connectivity index (χ2v) is 6.81. The van der Waals surface area contributed by atoms with E-state index in [0.717, 1.165) is 18.4 Å². The van der Waals surface area contributed by atoms with Crippen molar-refractivity contribution in [3.63, 3.8) is 0 Å². The zero-order valence-corrected chi connectivity index (χ0v) is 11.6. The largest absolute Gasteiger partial charge is 0.387 e. The Morgan fingerprint density at radius 1 is 1.11 bits per heavy atom. The standard InChI is InChI=1S/C17H23NO/c1-11-8-16(18-10-12-6-7-13(18)9-12)17(19)15-5-3-2-4-14(11)15/h2-5,11-13,16-17,19H,6-10H2,1H3. The first-order valence-corrected chi connectivity index (χ1v) is 7.76. The Morgan fingerprint density at radius 3 is 2.58 bits per heavy atom. The molecule has 4 rings (SSSR count). The van der Waals surface area contributed by atoms with Crippen molar-refractivity contribution < 1.29 is 5.11 Å². The Hall–Kier alpha value is -0.860. The van der Waals surface area contributed by atoms with Gasteiger partial charge in [-0.25, -0.2) is 0 Å². The van der Waals surface area contributed by atoms with Gasteiger partial charge in [0.25, 0.3) is 0 Å². The molecule has 0 amide bonds. The van der Waals surface area contributed by atoms with Gasteiger partial charge >= 0.3 is 0 Å². The Balaban J connectivity index is 1.65. The van der Waals surface area contributed by atoms with Gasteiger partial charge in [0.1, 0.15) is 0 Å². The van der Waals surface area contributed by atoms with Crippen LogP contribution in [0.3, 0.4) is 0 Å². The first-order chi connectivity index (χ1) is 9.24. The van der Waals surface area contributed by atoms with Gasteiger partial charge in [-0.05, 0) is 48.6 Å². The highest BCUT2D eigenvalue weighted by molar-refractivity contribution is 5.35. The van der Waals surface area contributed by atoms with Crippen LogP contribution in [0.2, 0.25) is 0 Å². The molecule has 19 heavy (non-hydrogen) atoms. The highest BCUT2D eigenvalue weighted by Gasteiger charge is 2.45. The van der Waals surface area contributed by atoms with Gasteiger partial charge in [0.05, 0.1) is 6.10 Å². The van der Waals surface area contributed by atoms with Crippen LogP contribution in [0.5, 0.6) is 0 Å². The van der Waals surface area contributed by atoms with Crippen LogP contribution in [0.1, 0.15) is 55.8 Å². The molecule has 0 radical (unpaired) electrons. The average molecular weight is 257 g/mol. The molecule has 1 saturated heterocycles. The monoisotopic (exact) mass is 257 g/mol. The van der Waals surface area contributed by atoms with Crippen molar-refractivity contribution in [3.05, 3.63) is 35.4 Å². The van der Waals surface area contributed by atoms with Gasteiger partial charge in [0.2, 0.25) is 0 Å². The average Bonchev–Trinajstić information content (AvgIpc) is 3.05. The fraction of sp³-hybridized carbons (Fsp3) is 0.647. The molecule has 5 unspecified atom stereocenters. The molecule has 1 aromatic carbocycles. The van der Waals surface area contributed by atoms with E-state index in [1.165, 1.54) is 36.9 Å². The maximum absolute atomic E-state index is 10.8. The molecule has 0 aromatic heterocycles. The lowest BCUT2D eigenvalue weighted by molar-refractivity contribution is 0.0149.